The monoisotopic (exact) mass is 315 g/mol. The van der Waals surface area contributed by atoms with Crippen LogP contribution in [-0.2, 0) is 0 Å². The van der Waals surface area contributed by atoms with E-state index in [0.717, 1.165) is 22.8 Å². The summed E-state index contributed by atoms with van der Waals surface area (Å²) in [6.45, 7) is 0. The Kier molecular flexibility index (Phi) is 4.78. The lowest BCUT2D eigenvalue weighted by Gasteiger charge is -2.19. The average Bonchev–Trinajstić information content (AvgIpc) is 3.25. The minimum Gasteiger partial charge on any atom is -0.496 e. The molecule has 0 spiro atoms. The van der Waals surface area contributed by atoms with Gasteiger partial charge in [-0.1, -0.05) is 18.9 Å². The lowest BCUT2D eigenvalue weighted by atomic mass is 9.94. The molecule has 0 N–H and O–H groups in total. The lowest BCUT2D eigenvalue weighted by Crippen LogP contribution is -2.01. The van der Waals surface area contributed by atoms with Crippen LogP contribution in [0.5, 0.6) is 11.5 Å². The maximum absolute atomic E-state index is 5.65. The van der Waals surface area contributed by atoms with Gasteiger partial charge in [-0.2, -0.15) is 0 Å². The molecular formula is C18H21NO2S. The van der Waals surface area contributed by atoms with E-state index < -0.39 is 0 Å². The van der Waals surface area contributed by atoms with Crippen LogP contribution in [0.3, 0.4) is 0 Å². The van der Waals surface area contributed by atoms with Crippen molar-refractivity contribution in [3.8, 4) is 11.5 Å². The summed E-state index contributed by atoms with van der Waals surface area (Å²) in [5.41, 5.74) is 5.11. The number of thiazole rings is 1. The van der Waals surface area contributed by atoms with Gasteiger partial charge < -0.3 is 9.47 Å². The molecule has 2 aromatic rings. The molecule has 0 amide bonds. The largest absolute Gasteiger partial charge is 0.496 e. The average molecular weight is 315 g/mol. The third kappa shape index (κ3) is 3.17. The standard InChI is InChI=1S/C18H21NO2S/c1-20-16-9-13(7-8-15-11-22-12-19-15)10-17(21-2)18(16)14-5-3-4-6-14/h7-12,14H,3-6H2,1-2H3/b8-7+. The van der Waals surface area contributed by atoms with Crippen LogP contribution in [0.25, 0.3) is 12.2 Å². The Bertz CT molecular complexity index is 618. The number of ether oxygens (including phenoxy) is 2. The molecule has 0 bridgehead atoms. The van der Waals surface area contributed by atoms with Crippen molar-refractivity contribution >= 4 is 23.5 Å². The molecule has 1 saturated carbocycles. The molecule has 0 atom stereocenters. The van der Waals surface area contributed by atoms with E-state index in [-0.39, 0.29) is 0 Å². The number of benzene rings is 1. The second-order valence-corrected chi connectivity index (χ2v) is 6.29. The molecule has 0 saturated heterocycles. The number of rotatable bonds is 5. The molecule has 1 aromatic carbocycles. The molecule has 4 heteroatoms. The van der Waals surface area contributed by atoms with Gasteiger partial charge in [-0.15, -0.1) is 11.3 Å². The van der Waals surface area contributed by atoms with Crippen molar-refractivity contribution in [2.75, 3.05) is 14.2 Å². The highest BCUT2D eigenvalue weighted by Gasteiger charge is 2.24. The first-order chi connectivity index (χ1) is 10.8. The van der Waals surface area contributed by atoms with E-state index in [0.29, 0.717) is 5.92 Å². The van der Waals surface area contributed by atoms with E-state index >= 15 is 0 Å². The molecule has 0 unspecified atom stereocenters. The summed E-state index contributed by atoms with van der Waals surface area (Å²) in [4.78, 5) is 4.27. The SMILES string of the molecule is COc1cc(/C=C/c2cscn2)cc(OC)c1C1CCCC1. The van der Waals surface area contributed by atoms with E-state index in [2.05, 4.69) is 23.2 Å². The van der Waals surface area contributed by atoms with Crippen LogP contribution in [0, 0.1) is 0 Å². The van der Waals surface area contributed by atoms with Crippen LogP contribution in [0.2, 0.25) is 0 Å². The van der Waals surface area contributed by atoms with Gasteiger partial charge in [0.1, 0.15) is 11.5 Å². The minimum atomic E-state index is 0.557. The normalized spacial score (nSPS) is 15.5. The first kappa shape index (κ1) is 15.1. The van der Waals surface area contributed by atoms with Gasteiger partial charge in [0.25, 0.3) is 0 Å². The van der Waals surface area contributed by atoms with Crippen LogP contribution in [0.15, 0.2) is 23.0 Å². The number of nitrogens with zero attached hydrogens (tertiary/aromatic N) is 1. The molecule has 1 aromatic heterocycles. The van der Waals surface area contributed by atoms with Crippen LogP contribution in [0.4, 0.5) is 0 Å². The Hall–Kier alpha value is -1.81. The fourth-order valence-electron chi connectivity index (χ4n) is 3.16. The molecule has 0 radical (unpaired) electrons. The highest BCUT2D eigenvalue weighted by atomic mass is 32.1. The van der Waals surface area contributed by atoms with Gasteiger partial charge in [0.15, 0.2) is 0 Å². The van der Waals surface area contributed by atoms with Crippen molar-refractivity contribution in [2.45, 2.75) is 31.6 Å². The molecule has 22 heavy (non-hydrogen) atoms. The summed E-state index contributed by atoms with van der Waals surface area (Å²) >= 11 is 1.60. The second kappa shape index (κ2) is 6.97. The number of aromatic nitrogens is 1. The highest BCUT2D eigenvalue weighted by molar-refractivity contribution is 7.07. The van der Waals surface area contributed by atoms with Gasteiger partial charge in [0, 0.05) is 10.9 Å². The fourth-order valence-corrected chi connectivity index (χ4v) is 3.68. The summed E-state index contributed by atoms with van der Waals surface area (Å²) in [6, 6.07) is 4.19. The van der Waals surface area contributed by atoms with Crippen molar-refractivity contribution in [1.29, 1.82) is 0 Å². The molecule has 116 valence electrons. The summed E-state index contributed by atoms with van der Waals surface area (Å²) in [5.74, 6) is 2.43. The van der Waals surface area contributed by atoms with Crippen molar-refractivity contribution in [3.05, 3.63) is 39.8 Å². The molecule has 1 aliphatic carbocycles. The van der Waals surface area contributed by atoms with Gasteiger partial charge >= 0.3 is 0 Å². The van der Waals surface area contributed by atoms with Crippen LogP contribution in [-0.4, -0.2) is 19.2 Å². The maximum Gasteiger partial charge on any atom is 0.126 e. The molecular weight excluding hydrogens is 294 g/mol. The van der Waals surface area contributed by atoms with Gasteiger partial charge in [0.05, 0.1) is 25.4 Å². The molecule has 1 aliphatic rings. The van der Waals surface area contributed by atoms with Gasteiger partial charge in [0.2, 0.25) is 0 Å². The fraction of sp³-hybridized carbons (Fsp3) is 0.389. The van der Waals surface area contributed by atoms with Crippen molar-refractivity contribution in [3.63, 3.8) is 0 Å². The van der Waals surface area contributed by atoms with Gasteiger partial charge in [-0.25, -0.2) is 4.98 Å². The summed E-state index contributed by atoms with van der Waals surface area (Å²) in [7, 11) is 3.47. The minimum absolute atomic E-state index is 0.557. The zero-order chi connectivity index (χ0) is 15.4. The number of methoxy groups -OCH3 is 2. The van der Waals surface area contributed by atoms with E-state index in [1.807, 2.05) is 17.0 Å². The van der Waals surface area contributed by atoms with E-state index in [4.69, 9.17) is 9.47 Å². The van der Waals surface area contributed by atoms with Gasteiger partial charge in [-0.3, -0.25) is 0 Å². The van der Waals surface area contributed by atoms with E-state index in [9.17, 15) is 0 Å². The third-order valence-corrected chi connectivity index (χ3v) is 4.83. The smallest absolute Gasteiger partial charge is 0.126 e. The second-order valence-electron chi connectivity index (χ2n) is 5.57. The van der Waals surface area contributed by atoms with Crippen molar-refractivity contribution < 1.29 is 9.47 Å². The quantitative estimate of drug-likeness (QED) is 0.779. The first-order valence-electron chi connectivity index (χ1n) is 7.64. The van der Waals surface area contributed by atoms with Crippen LogP contribution < -0.4 is 9.47 Å². The summed E-state index contributed by atoms with van der Waals surface area (Å²) < 4.78 is 11.3. The Labute approximate surface area is 135 Å². The molecule has 3 rings (SSSR count). The molecule has 1 heterocycles. The Balaban J connectivity index is 1.95. The molecule has 0 aliphatic heterocycles. The summed E-state index contributed by atoms with van der Waals surface area (Å²) in [6.07, 6.45) is 9.10. The highest BCUT2D eigenvalue weighted by Crippen LogP contribution is 2.44. The number of hydrogen-bond acceptors (Lipinski definition) is 4. The number of hydrogen-bond donors (Lipinski definition) is 0. The van der Waals surface area contributed by atoms with Crippen molar-refractivity contribution in [1.82, 2.24) is 4.98 Å². The zero-order valence-corrected chi connectivity index (χ0v) is 13.9. The van der Waals surface area contributed by atoms with Crippen LogP contribution in [0.1, 0.15) is 48.4 Å². The Morgan fingerprint density at radius 2 is 1.77 bits per heavy atom. The Morgan fingerprint density at radius 1 is 1.09 bits per heavy atom. The maximum atomic E-state index is 5.65. The summed E-state index contributed by atoms with van der Waals surface area (Å²) in [5, 5.41) is 2.03. The molecule has 3 nitrogen and oxygen atoms in total. The predicted molar refractivity (Wildman–Crippen MR) is 91.8 cm³/mol. The van der Waals surface area contributed by atoms with Crippen molar-refractivity contribution in [2.24, 2.45) is 0 Å². The third-order valence-electron chi connectivity index (χ3n) is 4.23. The first-order valence-corrected chi connectivity index (χ1v) is 8.58. The lowest BCUT2D eigenvalue weighted by molar-refractivity contribution is 0.378. The predicted octanol–water partition coefficient (Wildman–Crippen LogP) is 4.99. The zero-order valence-electron chi connectivity index (χ0n) is 13.0. The molecule has 1 fully saturated rings. The van der Waals surface area contributed by atoms with E-state index in [1.165, 1.54) is 31.2 Å². The van der Waals surface area contributed by atoms with Gasteiger partial charge in [-0.05, 0) is 42.5 Å². The van der Waals surface area contributed by atoms with Crippen LogP contribution >= 0.6 is 11.3 Å². The topological polar surface area (TPSA) is 31.4 Å². The van der Waals surface area contributed by atoms with E-state index in [1.54, 1.807) is 25.6 Å². The Morgan fingerprint density at radius 3 is 2.32 bits per heavy atom.